The van der Waals surface area contributed by atoms with Crippen molar-refractivity contribution < 1.29 is 9.53 Å². The lowest BCUT2D eigenvalue weighted by Crippen LogP contribution is -2.43. The summed E-state index contributed by atoms with van der Waals surface area (Å²) < 4.78 is 7.98. The maximum Gasteiger partial charge on any atom is 0.352 e. The van der Waals surface area contributed by atoms with Crippen molar-refractivity contribution in [3.63, 3.8) is 0 Å². The lowest BCUT2D eigenvalue weighted by Gasteiger charge is -2.35. The molecule has 0 unspecified atom stereocenters. The largest absolute Gasteiger partial charge is 0.479 e. The molecule has 2 aromatic heterocycles. The van der Waals surface area contributed by atoms with E-state index in [1.165, 1.54) is 7.11 Å². The number of halogens is 2. The van der Waals surface area contributed by atoms with Crippen molar-refractivity contribution in [2.24, 2.45) is 11.7 Å². The average molecular weight is 574 g/mol. The fourth-order valence-corrected chi connectivity index (χ4v) is 4.78. The molecular formula is C28H34Cl2N6O3. The van der Waals surface area contributed by atoms with Crippen LogP contribution in [0.15, 0.2) is 59.4 Å². The fraction of sp³-hybridized carbons (Fsp3) is 0.357. The van der Waals surface area contributed by atoms with Gasteiger partial charge < -0.3 is 15.4 Å². The average Bonchev–Trinajstić information content (AvgIpc) is 3.24. The molecule has 0 aliphatic carbocycles. The Morgan fingerprint density at radius 1 is 1.13 bits per heavy atom. The van der Waals surface area contributed by atoms with Gasteiger partial charge in [-0.15, -0.1) is 17.5 Å². The summed E-state index contributed by atoms with van der Waals surface area (Å²) in [6.45, 7) is 7.04. The highest BCUT2D eigenvalue weighted by Crippen LogP contribution is 2.32. The molecule has 0 radical (unpaired) electrons. The minimum Gasteiger partial charge on any atom is -0.479 e. The molecule has 2 heterocycles. The molecule has 0 fully saturated rings. The monoisotopic (exact) mass is 572 g/mol. The first-order chi connectivity index (χ1) is 18.3. The van der Waals surface area contributed by atoms with E-state index in [2.05, 4.69) is 5.10 Å². The molecule has 11 heteroatoms. The molecule has 1 atom stereocenters. The number of benzene rings is 2. The van der Waals surface area contributed by atoms with Gasteiger partial charge in [-0.2, -0.15) is 4.52 Å². The zero-order valence-electron chi connectivity index (χ0n) is 22.5. The van der Waals surface area contributed by atoms with Crippen LogP contribution in [0.25, 0.3) is 5.65 Å². The van der Waals surface area contributed by atoms with Crippen LogP contribution in [0.3, 0.4) is 0 Å². The van der Waals surface area contributed by atoms with Crippen LogP contribution in [0, 0.1) is 12.8 Å². The van der Waals surface area contributed by atoms with Gasteiger partial charge in [-0.1, -0.05) is 73.5 Å². The van der Waals surface area contributed by atoms with Crippen LogP contribution in [-0.2, 0) is 6.54 Å². The van der Waals surface area contributed by atoms with Crippen molar-refractivity contribution in [2.45, 2.75) is 39.8 Å². The van der Waals surface area contributed by atoms with Gasteiger partial charge in [-0.25, -0.2) is 9.78 Å². The van der Waals surface area contributed by atoms with E-state index in [0.29, 0.717) is 30.9 Å². The Morgan fingerprint density at radius 2 is 1.79 bits per heavy atom. The first kappa shape index (κ1) is 30.1. The van der Waals surface area contributed by atoms with Gasteiger partial charge >= 0.3 is 5.69 Å². The number of carbonyl (C=O) groups excluding carboxylic acids is 1. The third-order valence-corrected chi connectivity index (χ3v) is 6.79. The molecule has 2 aromatic carbocycles. The van der Waals surface area contributed by atoms with Gasteiger partial charge in [-0.3, -0.25) is 9.36 Å². The van der Waals surface area contributed by atoms with Crippen LogP contribution in [-0.4, -0.2) is 50.2 Å². The Hall–Kier alpha value is -3.40. The number of carbonyl (C=O) groups is 1. The first-order valence-corrected chi connectivity index (χ1v) is 13.0. The van der Waals surface area contributed by atoms with Crippen molar-refractivity contribution in [2.75, 3.05) is 20.2 Å². The Labute approximate surface area is 239 Å². The van der Waals surface area contributed by atoms with Crippen molar-refractivity contribution in [1.29, 1.82) is 0 Å². The summed E-state index contributed by atoms with van der Waals surface area (Å²) in [5.41, 5.74) is 8.14. The molecule has 0 spiro atoms. The number of amides is 1. The van der Waals surface area contributed by atoms with Gasteiger partial charge in [0.1, 0.15) is 10.8 Å². The molecule has 4 aromatic rings. The van der Waals surface area contributed by atoms with E-state index in [1.807, 2.05) is 75.4 Å². The molecule has 208 valence electrons. The van der Waals surface area contributed by atoms with Gasteiger partial charge in [0, 0.05) is 12.1 Å². The number of nitrogens with zero attached hydrogens (tertiary/aromatic N) is 5. The summed E-state index contributed by atoms with van der Waals surface area (Å²) >= 11 is 6.52. The van der Waals surface area contributed by atoms with E-state index in [-0.39, 0.29) is 47.3 Å². The second kappa shape index (κ2) is 13.1. The van der Waals surface area contributed by atoms with E-state index < -0.39 is 11.7 Å². The Bertz CT molecular complexity index is 1470. The van der Waals surface area contributed by atoms with Gasteiger partial charge in [0.25, 0.3) is 11.8 Å². The van der Waals surface area contributed by atoms with Gasteiger partial charge in [-0.05, 0) is 43.5 Å². The number of nitrogens with two attached hydrogens (primary N) is 1. The molecule has 2 N–H and O–H groups in total. The number of ether oxygens (including phenoxy) is 1. The predicted octanol–water partition coefficient (Wildman–Crippen LogP) is 4.52. The number of methoxy groups -OCH3 is 1. The van der Waals surface area contributed by atoms with Crippen LogP contribution < -0.4 is 16.2 Å². The molecule has 4 rings (SSSR count). The molecule has 0 saturated heterocycles. The molecule has 0 aliphatic rings. The van der Waals surface area contributed by atoms with Crippen molar-refractivity contribution in [3.8, 4) is 5.88 Å². The Balaban J connectivity index is 0.00000420. The summed E-state index contributed by atoms with van der Waals surface area (Å²) in [5.74, 6) is 0.275. The molecule has 0 aliphatic heterocycles. The number of aryl methyl sites for hydroxylation is 1. The van der Waals surface area contributed by atoms with Crippen molar-refractivity contribution in [1.82, 2.24) is 24.1 Å². The lowest BCUT2D eigenvalue weighted by molar-refractivity contribution is 0.0601. The van der Waals surface area contributed by atoms with Crippen LogP contribution in [0.1, 0.15) is 53.6 Å². The smallest absolute Gasteiger partial charge is 0.352 e. The zero-order chi connectivity index (χ0) is 27.4. The second-order valence-electron chi connectivity index (χ2n) is 9.58. The van der Waals surface area contributed by atoms with Crippen LogP contribution in [0.2, 0.25) is 5.02 Å². The topological polar surface area (TPSA) is 108 Å². The molecular weight excluding hydrogens is 539 g/mol. The predicted molar refractivity (Wildman–Crippen MR) is 155 cm³/mol. The summed E-state index contributed by atoms with van der Waals surface area (Å²) in [4.78, 5) is 34.4. The van der Waals surface area contributed by atoms with Crippen molar-refractivity contribution >= 4 is 35.6 Å². The van der Waals surface area contributed by atoms with Crippen LogP contribution in [0.5, 0.6) is 5.88 Å². The SMILES string of the molecule is COc1nn2c(=O)n(Cc3ccccc3)c([C@@H](C(C)C)N(CCCN)C(=O)c3ccc(C)cc3)nc2c1Cl.Cl. The third kappa shape index (κ3) is 6.27. The number of aromatic nitrogens is 4. The summed E-state index contributed by atoms with van der Waals surface area (Å²) in [5, 5.41) is 4.37. The minimum atomic E-state index is -0.547. The molecule has 0 bridgehead atoms. The second-order valence-corrected chi connectivity index (χ2v) is 9.96. The van der Waals surface area contributed by atoms with Gasteiger partial charge in [0.15, 0.2) is 5.65 Å². The quantitative estimate of drug-likeness (QED) is 0.299. The van der Waals surface area contributed by atoms with Gasteiger partial charge in [0.2, 0.25) is 0 Å². The number of fused-ring (bicyclic) bond motifs is 1. The molecule has 0 saturated carbocycles. The van der Waals surface area contributed by atoms with Crippen molar-refractivity contribution in [3.05, 3.63) is 92.6 Å². The number of hydrogen-bond acceptors (Lipinski definition) is 6. The number of hydrogen-bond donors (Lipinski definition) is 1. The minimum absolute atomic E-state index is 0. The van der Waals surface area contributed by atoms with E-state index in [1.54, 1.807) is 9.47 Å². The molecule has 39 heavy (non-hydrogen) atoms. The van der Waals surface area contributed by atoms with Gasteiger partial charge in [0.05, 0.1) is 19.7 Å². The van der Waals surface area contributed by atoms with E-state index >= 15 is 0 Å². The first-order valence-electron chi connectivity index (χ1n) is 12.6. The van der Waals surface area contributed by atoms with E-state index in [9.17, 15) is 9.59 Å². The Morgan fingerprint density at radius 3 is 2.38 bits per heavy atom. The van der Waals surface area contributed by atoms with E-state index in [4.69, 9.17) is 27.1 Å². The maximum absolute atomic E-state index is 13.9. The zero-order valence-corrected chi connectivity index (χ0v) is 24.1. The number of rotatable bonds is 10. The summed E-state index contributed by atoms with van der Waals surface area (Å²) in [7, 11) is 1.43. The highest BCUT2D eigenvalue weighted by molar-refractivity contribution is 6.34. The van der Waals surface area contributed by atoms with Crippen LogP contribution in [0.4, 0.5) is 0 Å². The Kier molecular flexibility index (Phi) is 10.1. The van der Waals surface area contributed by atoms with E-state index in [0.717, 1.165) is 15.6 Å². The molecule has 9 nitrogen and oxygen atoms in total. The molecule has 1 amide bonds. The highest BCUT2D eigenvalue weighted by atomic mass is 35.5. The normalized spacial score (nSPS) is 11.9. The third-order valence-electron chi connectivity index (χ3n) is 6.46. The van der Waals surface area contributed by atoms with Crippen LogP contribution >= 0.6 is 24.0 Å². The summed E-state index contributed by atoms with van der Waals surface area (Å²) in [6, 6.07) is 16.5. The summed E-state index contributed by atoms with van der Waals surface area (Å²) in [6.07, 6.45) is 0.591. The standard InChI is InChI=1S/C28H33ClN6O3.ClH/c1-18(2)23(33(16-8-15-30)27(36)21-13-11-19(3)12-14-21)25-31-24-22(29)26(38-4)32-35(24)28(37)34(25)17-20-9-6-5-7-10-20;/h5-7,9-14,18,23H,8,15-17,30H2,1-4H3;1H/t23-;/m1./s1. The fourth-order valence-electron chi connectivity index (χ4n) is 4.54. The highest BCUT2D eigenvalue weighted by Gasteiger charge is 2.33. The lowest BCUT2D eigenvalue weighted by atomic mass is 9.99. The maximum atomic E-state index is 13.9.